The summed E-state index contributed by atoms with van der Waals surface area (Å²) in [5, 5.41) is 23.1. The molecule has 2 aromatic carbocycles. The predicted octanol–water partition coefficient (Wildman–Crippen LogP) is 4.95. The number of hydrogen-bond donors (Lipinski definition) is 6. The molecule has 15 nitrogen and oxygen atoms in total. The predicted molar refractivity (Wildman–Crippen MR) is 216 cm³/mol. The van der Waals surface area contributed by atoms with E-state index < -0.39 is 0 Å². The first kappa shape index (κ1) is 38.0. The van der Waals surface area contributed by atoms with Crippen molar-refractivity contribution in [3.63, 3.8) is 0 Å². The number of aromatic nitrogens is 2. The molecule has 4 heterocycles. The highest BCUT2D eigenvalue weighted by Gasteiger charge is 2.47. The molecule has 57 heavy (non-hydrogen) atoms. The van der Waals surface area contributed by atoms with Crippen LogP contribution in [0.1, 0.15) is 67.5 Å². The summed E-state index contributed by atoms with van der Waals surface area (Å²) in [6.45, 7) is 3.10. The van der Waals surface area contributed by atoms with Crippen LogP contribution in [-0.2, 0) is 19.5 Å². The quantitative estimate of drug-likeness (QED) is 0.133. The van der Waals surface area contributed by atoms with Gasteiger partial charge in [-0.2, -0.15) is 5.26 Å². The standard InChI is InChI=1S/C42H53N11O4/c1-44-39(54)50-13-3-5-34(24-50)52(33-10-11-33)41(56)46-22-31-18-28-9-7-26(17-37(28)49-31)15-30-20-38(30)53(35-6-4-14-51(25-35)40(55)45-2)42(57)47-23-32-19-29-16-27(21-43)8-12-36(29)48-32/h7-9,12,16-19,30,33-35,38,48-49H,3-6,10-11,13-15,20,22-25H2,1-2H3,(H,44,54)(H,45,55)(H,46,56)(H,47,57)/t30?,34-,35-,38?/m1/s1. The van der Waals surface area contributed by atoms with E-state index in [0.717, 1.165) is 84.6 Å². The van der Waals surface area contributed by atoms with Crippen LogP contribution < -0.4 is 21.3 Å². The molecule has 2 saturated carbocycles. The topological polar surface area (TPSA) is 185 Å². The van der Waals surface area contributed by atoms with Crippen LogP contribution in [-0.4, -0.2) is 118 Å². The summed E-state index contributed by atoms with van der Waals surface area (Å²) in [4.78, 5) is 67.0. The first-order chi connectivity index (χ1) is 27.7. The van der Waals surface area contributed by atoms with Gasteiger partial charge in [-0.3, -0.25) is 0 Å². The number of amides is 8. The fraction of sp³-hybridized carbons (Fsp3) is 0.500. The molecule has 2 saturated heterocycles. The van der Waals surface area contributed by atoms with Gasteiger partial charge in [-0.05, 0) is 105 Å². The molecule has 8 amide bonds. The van der Waals surface area contributed by atoms with E-state index in [4.69, 9.17) is 0 Å². The van der Waals surface area contributed by atoms with Crippen LogP contribution in [0.4, 0.5) is 19.2 Å². The van der Waals surface area contributed by atoms with Gasteiger partial charge in [-0.1, -0.05) is 12.1 Å². The Morgan fingerprint density at radius 2 is 1.35 bits per heavy atom. The number of piperidine rings is 2. The average Bonchev–Trinajstić information content (AvgIpc) is 4.13. The lowest BCUT2D eigenvalue weighted by atomic mass is 10.0. The van der Waals surface area contributed by atoms with E-state index in [1.807, 2.05) is 28.0 Å². The maximum Gasteiger partial charge on any atom is 0.318 e. The Bertz CT molecular complexity index is 2190. The summed E-state index contributed by atoms with van der Waals surface area (Å²) in [6.07, 6.45) is 7.11. The monoisotopic (exact) mass is 775 g/mol. The van der Waals surface area contributed by atoms with Gasteiger partial charge in [0.15, 0.2) is 0 Å². The summed E-state index contributed by atoms with van der Waals surface area (Å²) in [5.41, 5.74) is 5.46. The van der Waals surface area contributed by atoms with Crippen molar-refractivity contribution in [1.29, 1.82) is 5.26 Å². The largest absolute Gasteiger partial charge is 0.357 e. The van der Waals surface area contributed by atoms with Crippen LogP contribution in [0.3, 0.4) is 0 Å². The third-order valence-electron chi connectivity index (χ3n) is 12.1. The second kappa shape index (κ2) is 16.3. The van der Waals surface area contributed by atoms with Crippen molar-refractivity contribution >= 4 is 45.9 Å². The minimum absolute atomic E-state index is 0.00846. The zero-order valence-electron chi connectivity index (χ0n) is 32.8. The third-order valence-corrected chi connectivity index (χ3v) is 12.1. The number of carbonyl (C=O) groups is 4. The lowest BCUT2D eigenvalue weighted by Crippen LogP contribution is -2.56. The Hall–Kier alpha value is -5.91. The number of nitrogens with one attached hydrogen (secondary N) is 6. The van der Waals surface area contributed by atoms with Gasteiger partial charge in [0, 0.05) is 80.2 Å². The molecular formula is C42H53N11O4. The van der Waals surface area contributed by atoms with Crippen LogP contribution in [0.5, 0.6) is 0 Å². The fourth-order valence-electron chi connectivity index (χ4n) is 9.05. The Kier molecular flexibility index (Phi) is 10.9. The second-order valence-electron chi connectivity index (χ2n) is 16.1. The van der Waals surface area contributed by atoms with Crippen molar-refractivity contribution < 1.29 is 19.2 Å². The van der Waals surface area contributed by atoms with Gasteiger partial charge in [0.1, 0.15) is 0 Å². The maximum absolute atomic E-state index is 14.1. The zero-order chi connectivity index (χ0) is 39.6. The summed E-state index contributed by atoms with van der Waals surface area (Å²) < 4.78 is 0. The summed E-state index contributed by atoms with van der Waals surface area (Å²) >= 11 is 0. The van der Waals surface area contributed by atoms with Crippen molar-refractivity contribution in [2.75, 3.05) is 40.3 Å². The third kappa shape index (κ3) is 8.45. The molecule has 2 unspecified atom stereocenters. The summed E-state index contributed by atoms with van der Waals surface area (Å²) in [5.74, 6) is 0.280. The van der Waals surface area contributed by atoms with E-state index >= 15 is 0 Å². The molecule has 15 heteroatoms. The van der Waals surface area contributed by atoms with Gasteiger partial charge >= 0.3 is 24.1 Å². The minimum atomic E-state index is -0.137. The van der Waals surface area contributed by atoms with E-state index in [-0.39, 0.29) is 54.2 Å². The smallest absolute Gasteiger partial charge is 0.318 e. The number of nitrogens with zero attached hydrogens (tertiary/aromatic N) is 5. The van der Waals surface area contributed by atoms with E-state index in [1.165, 1.54) is 5.56 Å². The molecule has 4 fully saturated rings. The van der Waals surface area contributed by atoms with E-state index in [0.29, 0.717) is 44.8 Å². The van der Waals surface area contributed by atoms with Crippen LogP contribution in [0.2, 0.25) is 0 Å². The van der Waals surface area contributed by atoms with Crippen molar-refractivity contribution in [1.82, 2.24) is 50.8 Å². The Labute approximate surface area is 332 Å². The number of urea groups is 4. The molecule has 6 N–H and O–H groups in total. The Morgan fingerprint density at radius 1 is 0.737 bits per heavy atom. The highest BCUT2D eigenvalue weighted by Crippen LogP contribution is 2.41. The van der Waals surface area contributed by atoms with Crippen molar-refractivity contribution in [3.05, 3.63) is 71.0 Å². The lowest BCUT2D eigenvalue weighted by molar-refractivity contribution is 0.113. The number of fused-ring (bicyclic) bond motifs is 2. The van der Waals surface area contributed by atoms with Crippen LogP contribution in [0.25, 0.3) is 21.8 Å². The normalized spacial score (nSPS) is 21.8. The number of hydrogen-bond acceptors (Lipinski definition) is 5. The molecule has 0 bridgehead atoms. The summed E-state index contributed by atoms with van der Waals surface area (Å²) in [7, 11) is 3.28. The minimum Gasteiger partial charge on any atom is -0.357 e. The number of carbonyl (C=O) groups excluding carboxylic acids is 4. The lowest BCUT2D eigenvalue weighted by Gasteiger charge is -2.39. The molecule has 0 spiro atoms. The van der Waals surface area contributed by atoms with E-state index in [1.54, 1.807) is 30.0 Å². The van der Waals surface area contributed by atoms with Crippen LogP contribution in [0.15, 0.2) is 48.5 Å². The number of aromatic amines is 2. The molecule has 2 aliphatic heterocycles. The Morgan fingerprint density at radius 3 is 1.98 bits per heavy atom. The maximum atomic E-state index is 14.1. The SMILES string of the molecule is CNC(=O)N1CCC[C@@H](N(C(=O)NCc2cc3ccc(CC4CC4N(C(=O)NCc4cc5cc(C#N)ccc5[nH]4)[C@@H]4CCCN(C(=O)NC)C4)cc3[nH]2)C2CC2)C1. The van der Waals surface area contributed by atoms with Gasteiger partial charge in [0.2, 0.25) is 0 Å². The highest BCUT2D eigenvalue weighted by atomic mass is 16.2. The number of likely N-dealkylation sites (tertiary alicyclic amines) is 2. The van der Waals surface area contributed by atoms with Crippen LogP contribution in [0, 0.1) is 17.2 Å². The number of rotatable bonds is 10. The van der Waals surface area contributed by atoms with E-state index in [9.17, 15) is 24.4 Å². The molecule has 4 aliphatic rings. The molecule has 2 aliphatic carbocycles. The first-order valence-electron chi connectivity index (χ1n) is 20.4. The number of H-pyrrole nitrogens is 2. The van der Waals surface area contributed by atoms with Gasteiger partial charge in [0.05, 0.1) is 36.8 Å². The van der Waals surface area contributed by atoms with Crippen molar-refractivity contribution in [3.8, 4) is 6.07 Å². The summed E-state index contributed by atoms with van der Waals surface area (Å²) in [6, 6.07) is 17.9. The second-order valence-corrected chi connectivity index (χ2v) is 16.1. The molecule has 2 aromatic heterocycles. The highest BCUT2D eigenvalue weighted by molar-refractivity contribution is 5.83. The van der Waals surface area contributed by atoms with Gasteiger partial charge < -0.3 is 50.8 Å². The van der Waals surface area contributed by atoms with Gasteiger partial charge in [0.25, 0.3) is 0 Å². The molecule has 300 valence electrons. The molecule has 4 atom stereocenters. The van der Waals surface area contributed by atoms with Gasteiger partial charge in [-0.25, -0.2) is 19.2 Å². The fourth-order valence-corrected chi connectivity index (χ4v) is 9.05. The number of nitriles is 1. The Balaban J connectivity index is 0.909. The van der Waals surface area contributed by atoms with E-state index in [2.05, 4.69) is 61.6 Å². The molecule has 0 radical (unpaired) electrons. The zero-order valence-corrected chi connectivity index (χ0v) is 32.8. The van der Waals surface area contributed by atoms with Crippen molar-refractivity contribution in [2.24, 2.45) is 5.92 Å². The first-order valence-corrected chi connectivity index (χ1v) is 20.4. The molecule has 8 rings (SSSR count). The molecular weight excluding hydrogens is 723 g/mol. The van der Waals surface area contributed by atoms with Crippen molar-refractivity contribution in [2.45, 2.75) is 88.6 Å². The number of benzene rings is 2. The van der Waals surface area contributed by atoms with Crippen LogP contribution >= 0.6 is 0 Å². The molecule has 4 aromatic rings. The van der Waals surface area contributed by atoms with Gasteiger partial charge in [-0.15, -0.1) is 0 Å². The average molecular weight is 776 g/mol.